The molecule has 2 aliphatic rings. The topological polar surface area (TPSA) is 58.6 Å². The van der Waals surface area contributed by atoms with Crippen LogP contribution in [0.4, 0.5) is 5.95 Å². The Morgan fingerprint density at radius 3 is 2.42 bits per heavy atom. The van der Waals surface area contributed by atoms with Gasteiger partial charge in [0.2, 0.25) is 11.8 Å². The second-order valence-electron chi connectivity index (χ2n) is 9.07. The van der Waals surface area contributed by atoms with Crippen LogP contribution in [0.25, 0.3) is 0 Å². The first-order valence-electron chi connectivity index (χ1n) is 11.8. The van der Waals surface area contributed by atoms with E-state index in [1.807, 2.05) is 67.3 Å². The predicted octanol–water partition coefficient (Wildman–Crippen LogP) is 5.07. The van der Waals surface area contributed by atoms with Gasteiger partial charge >= 0.3 is 0 Å². The minimum atomic E-state index is 0.0333. The molecule has 6 heteroatoms. The van der Waals surface area contributed by atoms with Crippen molar-refractivity contribution in [2.45, 2.75) is 46.1 Å². The van der Waals surface area contributed by atoms with E-state index in [9.17, 15) is 4.79 Å². The molecule has 1 fully saturated rings. The number of hydrogen-bond donors (Lipinski definition) is 0. The van der Waals surface area contributed by atoms with E-state index in [4.69, 9.17) is 14.7 Å². The van der Waals surface area contributed by atoms with E-state index in [1.165, 1.54) is 6.42 Å². The molecular formula is C27H30N4O2. The molecule has 1 aromatic heterocycles. The third-order valence-corrected chi connectivity index (χ3v) is 6.41. The lowest BCUT2D eigenvalue weighted by Crippen LogP contribution is -2.37. The molecule has 33 heavy (non-hydrogen) atoms. The summed E-state index contributed by atoms with van der Waals surface area (Å²) in [7, 11) is 0. The largest absolute Gasteiger partial charge is 0.438 e. The fourth-order valence-corrected chi connectivity index (χ4v) is 4.62. The molecule has 0 aliphatic carbocycles. The summed E-state index contributed by atoms with van der Waals surface area (Å²) in [6, 6.07) is 15.7. The van der Waals surface area contributed by atoms with Crippen LogP contribution in [0.2, 0.25) is 0 Å². The maximum absolute atomic E-state index is 13.2. The molecule has 5 rings (SSSR count). The van der Waals surface area contributed by atoms with Crippen molar-refractivity contribution in [3.05, 3.63) is 76.5 Å². The SMILES string of the molecule is Cc1cccc(Oc2nc(N3CCCCC3)nc3c2CN(C(=O)c2cccc(C)c2)CC3)c1. The average molecular weight is 443 g/mol. The standard InChI is InChI=1S/C27H30N4O2/c1-19-8-6-10-21(16-19)26(32)31-15-12-24-23(18-31)25(33-22-11-7-9-20(2)17-22)29-27(28-24)30-13-4-3-5-14-30/h6-11,16-17H,3-5,12-15,18H2,1-2H3. The number of benzene rings is 2. The first-order chi connectivity index (χ1) is 16.1. The fraction of sp³-hybridized carbons (Fsp3) is 0.370. The fourth-order valence-electron chi connectivity index (χ4n) is 4.62. The van der Waals surface area contributed by atoms with Crippen LogP contribution in [-0.2, 0) is 13.0 Å². The Hall–Kier alpha value is -3.41. The van der Waals surface area contributed by atoms with E-state index in [0.717, 1.165) is 60.0 Å². The van der Waals surface area contributed by atoms with Gasteiger partial charge in [0.25, 0.3) is 5.91 Å². The Morgan fingerprint density at radius 1 is 0.909 bits per heavy atom. The van der Waals surface area contributed by atoms with Crippen LogP contribution >= 0.6 is 0 Å². The number of hydrogen-bond acceptors (Lipinski definition) is 5. The van der Waals surface area contributed by atoms with Gasteiger partial charge in [-0.25, -0.2) is 4.98 Å². The number of piperidine rings is 1. The number of fused-ring (bicyclic) bond motifs is 1. The molecule has 1 amide bonds. The van der Waals surface area contributed by atoms with Gasteiger partial charge in [0, 0.05) is 31.6 Å². The third-order valence-electron chi connectivity index (χ3n) is 6.41. The quantitative estimate of drug-likeness (QED) is 0.564. The van der Waals surface area contributed by atoms with Gasteiger partial charge < -0.3 is 14.5 Å². The number of aromatic nitrogens is 2. The van der Waals surface area contributed by atoms with E-state index in [1.54, 1.807) is 0 Å². The van der Waals surface area contributed by atoms with Crippen LogP contribution in [-0.4, -0.2) is 40.4 Å². The monoisotopic (exact) mass is 442 g/mol. The number of rotatable bonds is 4. The van der Waals surface area contributed by atoms with Crippen LogP contribution in [0.1, 0.15) is 52.0 Å². The van der Waals surface area contributed by atoms with Gasteiger partial charge in [-0.05, 0) is 62.9 Å². The van der Waals surface area contributed by atoms with Crippen LogP contribution < -0.4 is 9.64 Å². The summed E-state index contributed by atoms with van der Waals surface area (Å²) < 4.78 is 6.33. The first-order valence-corrected chi connectivity index (χ1v) is 11.8. The Morgan fingerprint density at radius 2 is 1.67 bits per heavy atom. The van der Waals surface area contributed by atoms with Crippen LogP contribution in [0.3, 0.4) is 0 Å². The Balaban J connectivity index is 1.49. The van der Waals surface area contributed by atoms with E-state index in [0.29, 0.717) is 31.0 Å². The van der Waals surface area contributed by atoms with Crippen molar-refractivity contribution < 1.29 is 9.53 Å². The molecule has 170 valence electrons. The predicted molar refractivity (Wildman–Crippen MR) is 129 cm³/mol. The number of amides is 1. The van der Waals surface area contributed by atoms with Gasteiger partial charge in [-0.3, -0.25) is 4.79 Å². The average Bonchev–Trinajstić information content (AvgIpc) is 2.84. The molecule has 0 bridgehead atoms. The van der Waals surface area contributed by atoms with Gasteiger partial charge in [0.15, 0.2) is 0 Å². The molecule has 1 saturated heterocycles. The molecule has 3 heterocycles. The summed E-state index contributed by atoms with van der Waals surface area (Å²) in [5.74, 6) is 2.09. The highest BCUT2D eigenvalue weighted by Gasteiger charge is 2.28. The van der Waals surface area contributed by atoms with E-state index in [-0.39, 0.29) is 5.91 Å². The van der Waals surface area contributed by atoms with Gasteiger partial charge in [0.1, 0.15) is 5.75 Å². The normalized spacial score (nSPS) is 15.8. The smallest absolute Gasteiger partial charge is 0.254 e. The highest BCUT2D eigenvalue weighted by Crippen LogP contribution is 2.32. The zero-order valence-electron chi connectivity index (χ0n) is 19.4. The van der Waals surface area contributed by atoms with Crippen LogP contribution in [0.5, 0.6) is 11.6 Å². The van der Waals surface area contributed by atoms with Gasteiger partial charge in [-0.2, -0.15) is 4.98 Å². The molecule has 3 aromatic rings. The lowest BCUT2D eigenvalue weighted by Gasteiger charge is -2.32. The van der Waals surface area contributed by atoms with Crippen LogP contribution in [0, 0.1) is 13.8 Å². The summed E-state index contributed by atoms with van der Waals surface area (Å²) in [5.41, 5.74) is 4.82. The second kappa shape index (κ2) is 9.22. The summed E-state index contributed by atoms with van der Waals surface area (Å²) in [4.78, 5) is 27.2. The Kier molecular flexibility index (Phi) is 5.99. The van der Waals surface area contributed by atoms with Gasteiger partial charge in [0.05, 0.1) is 17.8 Å². The van der Waals surface area contributed by atoms with Crippen molar-refractivity contribution in [1.82, 2.24) is 14.9 Å². The highest BCUT2D eigenvalue weighted by molar-refractivity contribution is 5.94. The van der Waals surface area contributed by atoms with Crippen molar-refractivity contribution in [1.29, 1.82) is 0 Å². The summed E-state index contributed by atoms with van der Waals surface area (Å²) in [5, 5.41) is 0. The lowest BCUT2D eigenvalue weighted by atomic mass is 10.0. The van der Waals surface area contributed by atoms with Crippen LogP contribution in [0.15, 0.2) is 48.5 Å². The van der Waals surface area contributed by atoms with E-state index < -0.39 is 0 Å². The number of carbonyl (C=O) groups is 1. The number of carbonyl (C=O) groups excluding carboxylic acids is 1. The maximum atomic E-state index is 13.2. The maximum Gasteiger partial charge on any atom is 0.254 e. The number of anilines is 1. The summed E-state index contributed by atoms with van der Waals surface area (Å²) in [6.07, 6.45) is 4.27. The summed E-state index contributed by atoms with van der Waals surface area (Å²) >= 11 is 0. The molecule has 0 atom stereocenters. The molecule has 2 aliphatic heterocycles. The Bertz CT molecular complexity index is 1170. The van der Waals surface area contributed by atoms with Crippen molar-refractivity contribution in [3.8, 4) is 11.6 Å². The number of aryl methyl sites for hydroxylation is 2. The number of ether oxygens (including phenoxy) is 1. The first kappa shape index (κ1) is 21.4. The minimum absolute atomic E-state index is 0.0333. The third kappa shape index (κ3) is 4.70. The van der Waals surface area contributed by atoms with Crippen molar-refractivity contribution >= 4 is 11.9 Å². The molecule has 0 unspecified atom stereocenters. The van der Waals surface area contributed by atoms with Crippen molar-refractivity contribution in [3.63, 3.8) is 0 Å². The van der Waals surface area contributed by atoms with Crippen molar-refractivity contribution in [2.24, 2.45) is 0 Å². The van der Waals surface area contributed by atoms with E-state index >= 15 is 0 Å². The number of nitrogens with zero attached hydrogens (tertiary/aromatic N) is 4. The van der Waals surface area contributed by atoms with Gasteiger partial charge in [-0.1, -0.05) is 29.8 Å². The Labute approximate surface area is 195 Å². The second-order valence-corrected chi connectivity index (χ2v) is 9.07. The molecule has 0 radical (unpaired) electrons. The molecule has 0 N–H and O–H groups in total. The zero-order chi connectivity index (χ0) is 22.8. The molecule has 0 spiro atoms. The van der Waals surface area contributed by atoms with Crippen molar-refractivity contribution in [2.75, 3.05) is 24.5 Å². The summed E-state index contributed by atoms with van der Waals surface area (Å²) in [6.45, 7) is 7.08. The highest BCUT2D eigenvalue weighted by atomic mass is 16.5. The zero-order valence-corrected chi connectivity index (χ0v) is 19.4. The lowest BCUT2D eigenvalue weighted by molar-refractivity contribution is 0.0732. The minimum Gasteiger partial charge on any atom is -0.438 e. The van der Waals surface area contributed by atoms with Gasteiger partial charge in [-0.15, -0.1) is 0 Å². The molecule has 2 aromatic carbocycles. The molecule has 0 saturated carbocycles. The molecule has 6 nitrogen and oxygen atoms in total. The van der Waals surface area contributed by atoms with E-state index in [2.05, 4.69) is 4.90 Å². The molecular weight excluding hydrogens is 412 g/mol.